The largest absolute Gasteiger partial charge is 0.322 e. The number of pyridine rings is 1. The maximum absolute atomic E-state index is 12.2. The van der Waals surface area contributed by atoms with E-state index in [4.69, 9.17) is 0 Å². The van der Waals surface area contributed by atoms with Crippen molar-refractivity contribution in [2.24, 2.45) is 10.9 Å². The van der Waals surface area contributed by atoms with E-state index in [0.29, 0.717) is 11.2 Å². The second-order valence-electron chi connectivity index (χ2n) is 4.78. The summed E-state index contributed by atoms with van der Waals surface area (Å²) in [4.78, 5) is 30.4. The number of nitrogens with one attached hydrogen (secondary N) is 1. The number of para-hydroxylation sites is 1. The predicted octanol–water partition coefficient (Wildman–Crippen LogP) is 2.53. The number of rotatable bonds is 4. The molecule has 1 N–H and O–H groups in total. The molecule has 102 valence electrons. The van der Waals surface area contributed by atoms with Gasteiger partial charge in [-0.05, 0) is 18.1 Å². The molecule has 1 aromatic heterocycles. The molecule has 0 aliphatic heterocycles. The van der Waals surface area contributed by atoms with Gasteiger partial charge in [-0.15, -0.1) is 0 Å². The molecule has 1 heterocycles. The van der Waals surface area contributed by atoms with E-state index in [1.54, 1.807) is 12.3 Å². The zero-order chi connectivity index (χ0) is 14.5. The third-order valence-electron chi connectivity index (χ3n) is 2.98. The van der Waals surface area contributed by atoms with Crippen molar-refractivity contribution in [3.05, 3.63) is 36.5 Å². The van der Waals surface area contributed by atoms with Crippen molar-refractivity contribution in [2.75, 3.05) is 5.32 Å². The summed E-state index contributed by atoms with van der Waals surface area (Å²) in [6, 6.07) is 8.54. The number of amides is 1. The van der Waals surface area contributed by atoms with Crippen molar-refractivity contribution in [1.82, 2.24) is 4.98 Å². The van der Waals surface area contributed by atoms with Gasteiger partial charge < -0.3 is 5.32 Å². The molecule has 0 aliphatic rings. The second kappa shape index (κ2) is 6.08. The van der Waals surface area contributed by atoms with Gasteiger partial charge in [0.25, 0.3) is 0 Å². The van der Waals surface area contributed by atoms with E-state index in [1.165, 1.54) is 6.08 Å². The lowest BCUT2D eigenvalue weighted by molar-refractivity contribution is -0.118. The SMILES string of the molecule is CC(C)[C@H](N=C=O)C(=O)Nc1cccc2cccnc12. The van der Waals surface area contributed by atoms with Crippen LogP contribution < -0.4 is 5.32 Å². The fraction of sp³-hybridized carbons (Fsp3) is 0.267. The van der Waals surface area contributed by atoms with Crippen molar-refractivity contribution < 1.29 is 9.59 Å². The van der Waals surface area contributed by atoms with Crippen LogP contribution in [0.25, 0.3) is 10.9 Å². The Balaban J connectivity index is 2.32. The van der Waals surface area contributed by atoms with Gasteiger partial charge in [0.2, 0.25) is 12.0 Å². The van der Waals surface area contributed by atoms with E-state index in [0.717, 1.165) is 5.39 Å². The smallest absolute Gasteiger partial charge is 0.250 e. The highest BCUT2D eigenvalue weighted by Gasteiger charge is 2.22. The molecule has 20 heavy (non-hydrogen) atoms. The Kier molecular flexibility index (Phi) is 4.23. The zero-order valence-corrected chi connectivity index (χ0v) is 11.3. The lowest BCUT2D eigenvalue weighted by atomic mass is 10.0. The Bertz CT molecular complexity index is 670. The average Bonchev–Trinajstić information content (AvgIpc) is 2.44. The molecule has 0 saturated carbocycles. The summed E-state index contributed by atoms with van der Waals surface area (Å²) in [6.45, 7) is 3.65. The molecular formula is C15H15N3O2. The van der Waals surface area contributed by atoms with Crippen LogP contribution in [0, 0.1) is 5.92 Å². The van der Waals surface area contributed by atoms with Crippen molar-refractivity contribution in [2.45, 2.75) is 19.9 Å². The van der Waals surface area contributed by atoms with Gasteiger partial charge in [-0.25, -0.2) is 4.79 Å². The first-order valence-corrected chi connectivity index (χ1v) is 6.35. The first-order valence-electron chi connectivity index (χ1n) is 6.35. The van der Waals surface area contributed by atoms with E-state index in [-0.39, 0.29) is 11.8 Å². The van der Waals surface area contributed by atoms with E-state index in [9.17, 15) is 9.59 Å². The summed E-state index contributed by atoms with van der Waals surface area (Å²) in [5.41, 5.74) is 1.32. The lowest BCUT2D eigenvalue weighted by Gasteiger charge is -2.15. The van der Waals surface area contributed by atoms with E-state index in [2.05, 4.69) is 15.3 Å². The van der Waals surface area contributed by atoms with Crippen LogP contribution in [0.2, 0.25) is 0 Å². The van der Waals surface area contributed by atoms with Crippen molar-refractivity contribution in [3.8, 4) is 0 Å². The normalized spacial score (nSPS) is 11.9. The number of isocyanates is 1. The highest BCUT2D eigenvalue weighted by Crippen LogP contribution is 2.21. The van der Waals surface area contributed by atoms with E-state index >= 15 is 0 Å². The number of nitrogens with zero attached hydrogens (tertiary/aromatic N) is 2. The summed E-state index contributed by atoms with van der Waals surface area (Å²) in [7, 11) is 0. The summed E-state index contributed by atoms with van der Waals surface area (Å²) >= 11 is 0. The van der Waals surface area contributed by atoms with E-state index < -0.39 is 6.04 Å². The summed E-state index contributed by atoms with van der Waals surface area (Å²) in [6.07, 6.45) is 3.12. The predicted molar refractivity (Wildman–Crippen MR) is 77.1 cm³/mol. The fourth-order valence-corrected chi connectivity index (χ4v) is 1.98. The van der Waals surface area contributed by atoms with Crippen LogP contribution in [0.5, 0.6) is 0 Å². The van der Waals surface area contributed by atoms with E-state index in [1.807, 2.05) is 38.1 Å². The summed E-state index contributed by atoms with van der Waals surface area (Å²) < 4.78 is 0. The molecule has 2 rings (SSSR count). The number of aliphatic imine (C=N–C) groups is 1. The minimum Gasteiger partial charge on any atom is -0.322 e. The molecule has 0 fully saturated rings. The molecule has 0 spiro atoms. The number of aromatic nitrogens is 1. The van der Waals surface area contributed by atoms with Crippen LogP contribution in [0.3, 0.4) is 0 Å². The van der Waals surface area contributed by atoms with Gasteiger partial charge in [0.1, 0.15) is 6.04 Å². The van der Waals surface area contributed by atoms with Gasteiger partial charge in [-0.3, -0.25) is 9.78 Å². The number of benzene rings is 1. The third kappa shape index (κ3) is 2.90. The number of carbonyl (C=O) groups is 1. The highest BCUT2D eigenvalue weighted by molar-refractivity contribution is 6.02. The van der Waals surface area contributed by atoms with Crippen molar-refractivity contribution in [3.63, 3.8) is 0 Å². The maximum Gasteiger partial charge on any atom is 0.250 e. The maximum atomic E-state index is 12.2. The average molecular weight is 269 g/mol. The fourth-order valence-electron chi connectivity index (χ4n) is 1.98. The van der Waals surface area contributed by atoms with Gasteiger partial charge in [-0.2, -0.15) is 4.99 Å². The second-order valence-corrected chi connectivity index (χ2v) is 4.78. The van der Waals surface area contributed by atoms with Crippen LogP contribution >= 0.6 is 0 Å². The first-order chi connectivity index (χ1) is 9.63. The third-order valence-corrected chi connectivity index (χ3v) is 2.98. The van der Waals surface area contributed by atoms with Crippen LogP contribution in [-0.2, 0) is 9.59 Å². The molecule has 0 saturated heterocycles. The molecule has 1 aromatic carbocycles. The molecule has 0 unspecified atom stereocenters. The van der Waals surface area contributed by atoms with Crippen LogP contribution in [0.15, 0.2) is 41.5 Å². The van der Waals surface area contributed by atoms with Gasteiger partial charge >= 0.3 is 0 Å². The van der Waals surface area contributed by atoms with Crippen LogP contribution in [-0.4, -0.2) is 23.0 Å². The number of carbonyl (C=O) groups excluding carboxylic acids is 2. The van der Waals surface area contributed by atoms with Gasteiger partial charge in [0.15, 0.2) is 0 Å². The molecule has 5 heteroatoms. The minimum absolute atomic E-state index is 0.0839. The van der Waals surface area contributed by atoms with Crippen LogP contribution in [0.1, 0.15) is 13.8 Å². The lowest BCUT2D eigenvalue weighted by Crippen LogP contribution is -2.30. The topological polar surface area (TPSA) is 71.4 Å². The molecule has 0 aliphatic carbocycles. The van der Waals surface area contributed by atoms with Crippen LogP contribution in [0.4, 0.5) is 5.69 Å². The molecule has 5 nitrogen and oxygen atoms in total. The Hall–Kier alpha value is -2.52. The Morgan fingerprint density at radius 2 is 2.05 bits per heavy atom. The number of fused-ring (bicyclic) bond motifs is 1. The monoisotopic (exact) mass is 269 g/mol. The number of hydrogen-bond acceptors (Lipinski definition) is 4. The Morgan fingerprint density at radius 3 is 2.75 bits per heavy atom. The first kappa shape index (κ1) is 13.9. The molecule has 0 bridgehead atoms. The van der Waals surface area contributed by atoms with Gasteiger partial charge in [0, 0.05) is 11.6 Å². The molecule has 1 atom stereocenters. The summed E-state index contributed by atoms with van der Waals surface area (Å²) in [5.74, 6) is -0.416. The molecule has 2 aromatic rings. The quantitative estimate of drug-likeness (QED) is 0.684. The molecule has 1 amide bonds. The minimum atomic E-state index is -0.744. The zero-order valence-electron chi connectivity index (χ0n) is 11.3. The Morgan fingerprint density at radius 1 is 1.30 bits per heavy atom. The Labute approximate surface area is 116 Å². The number of hydrogen-bond donors (Lipinski definition) is 1. The number of anilines is 1. The highest BCUT2D eigenvalue weighted by atomic mass is 16.2. The molecule has 0 radical (unpaired) electrons. The van der Waals surface area contributed by atoms with Crippen molar-refractivity contribution >= 4 is 28.6 Å². The summed E-state index contributed by atoms with van der Waals surface area (Å²) in [5, 5.41) is 3.71. The van der Waals surface area contributed by atoms with Crippen molar-refractivity contribution in [1.29, 1.82) is 0 Å². The van der Waals surface area contributed by atoms with Gasteiger partial charge in [0.05, 0.1) is 11.2 Å². The molecular weight excluding hydrogens is 254 g/mol. The van der Waals surface area contributed by atoms with Gasteiger partial charge in [-0.1, -0.05) is 32.0 Å². The standard InChI is InChI=1S/C15H15N3O2/c1-10(2)13(17-9-19)15(20)18-12-7-3-5-11-6-4-8-16-14(11)12/h3-8,10,13H,1-2H3,(H,18,20)/t13-/m0/s1.